The van der Waals surface area contributed by atoms with Gasteiger partial charge in [-0.05, 0) is 13.1 Å². The highest BCUT2D eigenvalue weighted by Gasteiger charge is 2.17. The summed E-state index contributed by atoms with van der Waals surface area (Å²) >= 11 is 0. The van der Waals surface area contributed by atoms with E-state index in [2.05, 4.69) is 15.5 Å². The lowest BCUT2D eigenvalue weighted by molar-refractivity contribution is 0.137. The molecular formula is C10H15N3O2. The molecule has 0 bridgehead atoms. The van der Waals surface area contributed by atoms with Crippen molar-refractivity contribution < 1.29 is 9.47 Å². The molecule has 1 atom stereocenters. The topological polar surface area (TPSA) is 56.3 Å². The van der Waals surface area contributed by atoms with Gasteiger partial charge in [-0.1, -0.05) is 0 Å². The third-order valence-electron chi connectivity index (χ3n) is 2.23. The fraction of sp³-hybridized carbons (Fsp3) is 0.600. The zero-order valence-corrected chi connectivity index (χ0v) is 8.77. The third-order valence-corrected chi connectivity index (χ3v) is 2.23. The van der Waals surface area contributed by atoms with Gasteiger partial charge >= 0.3 is 0 Å². The van der Waals surface area contributed by atoms with Gasteiger partial charge in [0.05, 0.1) is 18.9 Å². The normalized spacial score (nSPS) is 20.5. The van der Waals surface area contributed by atoms with E-state index in [0.717, 1.165) is 25.3 Å². The van der Waals surface area contributed by atoms with Crippen molar-refractivity contribution >= 4 is 0 Å². The van der Waals surface area contributed by atoms with Crippen LogP contribution < -0.4 is 10.1 Å². The number of nitrogens with one attached hydrogen (secondary N) is 1. The van der Waals surface area contributed by atoms with Crippen molar-refractivity contribution in [3.63, 3.8) is 0 Å². The van der Waals surface area contributed by atoms with E-state index in [1.807, 2.05) is 19.2 Å². The number of hydrogen-bond donors (Lipinski definition) is 1. The summed E-state index contributed by atoms with van der Waals surface area (Å²) in [6.07, 6.45) is 1.06. The fourth-order valence-electron chi connectivity index (χ4n) is 1.46. The van der Waals surface area contributed by atoms with Crippen LogP contribution in [0.15, 0.2) is 12.1 Å². The van der Waals surface area contributed by atoms with Crippen molar-refractivity contribution in [3.05, 3.63) is 17.8 Å². The molecule has 0 aromatic carbocycles. The van der Waals surface area contributed by atoms with E-state index in [9.17, 15) is 0 Å². The van der Waals surface area contributed by atoms with Gasteiger partial charge in [-0.3, -0.25) is 0 Å². The van der Waals surface area contributed by atoms with E-state index in [-0.39, 0.29) is 6.10 Å². The van der Waals surface area contributed by atoms with Crippen molar-refractivity contribution in [1.29, 1.82) is 0 Å². The molecule has 15 heavy (non-hydrogen) atoms. The molecule has 2 rings (SSSR count). The first-order valence-electron chi connectivity index (χ1n) is 5.10. The lowest BCUT2D eigenvalue weighted by atomic mass is 10.3. The molecule has 82 valence electrons. The van der Waals surface area contributed by atoms with Gasteiger partial charge < -0.3 is 14.8 Å². The second-order valence-electron chi connectivity index (χ2n) is 3.50. The van der Waals surface area contributed by atoms with Crippen molar-refractivity contribution in [2.75, 3.05) is 20.3 Å². The Hall–Kier alpha value is -1.20. The molecule has 5 heteroatoms. The van der Waals surface area contributed by atoms with Crippen LogP contribution in [0.25, 0.3) is 0 Å². The van der Waals surface area contributed by atoms with Crippen molar-refractivity contribution in [3.8, 4) is 5.88 Å². The van der Waals surface area contributed by atoms with Crippen LogP contribution in [0.3, 0.4) is 0 Å². The molecule has 5 nitrogen and oxygen atoms in total. The summed E-state index contributed by atoms with van der Waals surface area (Å²) in [5.41, 5.74) is 0.910. The highest BCUT2D eigenvalue weighted by Crippen LogP contribution is 2.13. The van der Waals surface area contributed by atoms with Crippen LogP contribution in [-0.2, 0) is 11.3 Å². The summed E-state index contributed by atoms with van der Waals surface area (Å²) in [6.45, 7) is 2.15. The van der Waals surface area contributed by atoms with Crippen molar-refractivity contribution in [1.82, 2.24) is 15.5 Å². The SMILES string of the molecule is CNCc1ccc(OC2CCOC2)nn1. The van der Waals surface area contributed by atoms with E-state index >= 15 is 0 Å². The van der Waals surface area contributed by atoms with Crippen molar-refractivity contribution in [2.24, 2.45) is 0 Å². The van der Waals surface area contributed by atoms with Gasteiger partial charge in [0, 0.05) is 19.0 Å². The number of nitrogens with zero attached hydrogens (tertiary/aromatic N) is 2. The standard InChI is InChI=1S/C10H15N3O2/c1-11-6-8-2-3-10(13-12-8)15-9-4-5-14-7-9/h2-3,9,11H,4-7H2,1H3. The minimum absolute atomic E-state index is 0.134. The first-order valence-corrected chi connectivity index (χ1v) is 5.10. The van der Waals surface area contributed by atoms with Crippen molar-refractivity contribution in [2.45, 2.75) is 19.1 Å². The highest BCUT2D eigenvalue weighted by molar-refractivity contribution is 5.11. The number of rotatable bonds is 4. The van der Waals surface area contributed by atoms with Crippen LogP contribution >= 0.6 is 0 Å². The second kappa shape index (κ2) is 5.04. The number of aromatic nitrogens is 2. The third kappa shape index (κ3) is 2.87. The molecule has 1 aromatic rings. The van der Waals surface area contributed by atoms with Gasteiger partial charge in [0.2, 0.25) is 5.88 Å². The molecule has 0 spiro atoms. The Morgan fingerprint density at radius 2 is 2.47 bits per heavy atom. The van der Waals surface area contributed by atoms with E-state index in [1.54, 1.807) is 0 Å². The molecule has 0 amide bonds. The first-order chi connectivity index (χ1) is 7.38. The summed E-state index contributed by atoms with van der Waals surface area (Å²) in [5, 5.41) is 11.0. The van der Waals surface area contributed by atoms with E-state index in [1.165, 1.54) is 0 Å². The molecule has 0 saturated carbocycles. The largest absolute Gasteiger partial charge is 0.471 e. The van der Waals surface area contributed by atoms with Gasteiger partial charge in [0.25, 0.3) is 0 Å². The predicted octanol–water partition coefficient (Wildman–Crippen LogP) is 0.364. The molecule has 1 fully saturated rings. The average molecular weight is 209 g/mol. The fourth-order valence-corrected chi connectivity index (χ4v) is 1.46. The maximum atomic E-state index is 5.59. The summed E-state index contributed by atoms with van der Waals surface area (Å²) in [5.74, 6) is 0.574. The summed E-state index contributed by atoms with van der Waals surface area (Å²) in [7, 11) is 1.88. The molecule has 2 heterocycles. The summed E-state index contributed by atoms with van der Waals surface area (Å²) in [6, 6.07) is 3.76. The number of ether oxygens (including phenoxy) is 2. The summed E-state index contributed by atoms with van der Waals surface area (Å²) in [4.78, 5) is 0. The monoisotopic (exact) mass is 209 g/mol. The van der Waals surface area contributed by atoms with Crippen LogP contribution in [0.1, 0.15) is 12.1 Å². The maximum absolute atomic E-state index is 5.59. The quantitative estimate of drug-likeness (QED) is 0.776. The highest BCUT2D eigenvalue weighted by atomic mass is 16.5. The lowest BCUT2D eigenvalue weighted by Gasteiger charge is -2.09. The smallest absolute Gasteiger partial charge is 0.233 e. The van der Waals surface area contributed by atoms with E-state index in [4.69, 9.17) is 9.47 Å². The minimum atomic E-state index is 0.134. The van der Waals surface area contributed by atoms with Gasteiger partial charge in [-0.2, -0.15) is 5.10 Å². The predicted molar refractivity (Wildman–Crippen MR) is 54.6 cm³/mol. The molecule has 0 aliphatic carbocycles. The van der Waals surface area contributed by atoms with Gasteiger partial charge in [-0.25, -0.2) is 0 Å². The Labute approximate surface area is 88.8 Å². The minimum Gasteiger partial charge on any atom is -0.471 e. The molecule has 1 aromatic heterocycles. The zero-order chi connectivity index (χ0) is 10.5. The molecule has 1 unspecified atom stereocenters. The van der Waals surface area contributed by atoms with E-state index < -0.39 is 0 Å². The zero-order valence-electron chi connectivity index (χ0n) is 8.77. The summed E-state index contributed by atoms with van der Waals surface area (Å²) < 4.78 is 10.8. The molecule has 1 saturated heterocycles. The second-order valence-corrected chi connectivity index (χ2v) is 3.50. The number of hydrogen-bond acceptors (Lipinski definition) is 5. The molecule has 0 radical (unpaired) electrons. The molecule has 1 aliphatic rings. The molecular weight excluding hydrogens is 194 g/mol. The Morgan fingerprint density at radius 3 is 3.07 bits per heavy atom. The Bertz CT molecular complexity index is 296. The molecule has 1 aliphatic heterocycles. The Kier molecular flexibility index (Phi) is 3.47. The Morgan fingerprint density at radius 1 is 1.53 bits per heavy atom. The van der Waals surface area contributed by atoms with Crippen LogP contribution in [0, 0.1) is 0 Å². The Balaban J connectivity index is 1.91. The average Bonchev–Trinajstić information content (AvgIpc) is 2.74. The molecule has 1 N–H and O–H groups in total. The van der Waals surface area contributed by atoms with E-state index in [0.29, 0.717) is 12.5 Å². The van der Waals surface area contributed by atoms with Crippen LogP contribution in [0.4, 0.5) is 0 Å². The van der Waals surface area contributed by atoms with Crippen LogP contribution in [0.5, 0.6) is 5.88 Å². The van der Waals surface area contributed by atoms with Gasteiger partial charge in [-0.15, -0.1) is 5.10 Å². The lowest BCUT2D eigenvalue weighted by Crippen LogP contribution is -2.17. The first kappa shape index (κ1) is 10.3. The van der Waals surface area contributed by atoms with Gasteiger partial charge in [0.1, 0.15) is 6.10 Å². The maximum Gasteiger partial charge on any atom is 0.233 e. The van der Waals surface area contributed by atoms with Crippen LogP contribution in [0.2, 0.25) is 0 Å². The van der Waals surface area contributed by atoms with Crippen LogP contribution in [-0.4, -0.2) is 36.6 Å². The van der Waals surface area contributed by atoms with Gasteiger partial charge in [0.15, 0.2) is 0 Å².